The molecular formula is C29H34O13. The van der Waals surface area contributed by atoms with Gasteiger partial charge in [0.05, 0.1) is 30.5 Å². The molecule has 3 aliphatic heterocycles. The third kappa shape index (κ3) is 2.73. The number of esters is 3. The number of carbonyl (C=O) groups excluding carboxylic acids is 4. The van der Waals surface area contributed by atoms with Gasteiger partial charge in [0.2, 0.25) is 11.6 Å². The van der Waals surface area contributed by atoms with E-state index in [-0.39, 0.29) is 0 Å². The number of epoxide rings is 1. The van der Waals surface area contributed by atoms with E-state index in [0.29, 0.717) is 5.56 Å². The first kappa shape index (κ1) is 29.0. The quantitative estimate of drug-likeness (QED) is 0.190. The van der Waals surface area contributed by atoms with Crippen LogP contribution in [0.4, 0.5) is 0 Å². The number of rotatable bonds is 4. The van der Waals surface area contributed by atoms with Crippen molar-refractivity contribution in [2.45, 2.75) is 88.5 Å². The highest BCUT2D eigenvalue weighted by Crippen LogP contribution is 2.84. The average Bonchev–Trinajstić information content (AvgIpc) is 3.41. The number of ketones is 1. The third-order valence-electron chi connectivity index (χ3n) is 10.9. The van der Waals surface area contributed by atoms with E-state index in [1.165, 1.54) is 52.4 Å². The zero-order valence-corrected chi connectivity index (χ0v) is 24.2. The molecule has 6 rings (SSSR count). The topological polar surface area (TPSA) is 192 Å². The van der Waals surface area contributed by atoms with E-state index in [0.717, 1.165) is 20.1 Å². The van der Waals surface area contributed by atoms with Crippen LogP contribution < -0.4 is 0 Å². The largest absolute Gasteiger partial charge is 0.472 e. The molecule has 11 atom stereocenters. The fourth-order valence-electron chi connectivity index (χ4n) is 9.18. The first-order valence-electron chi connectivity index (χ1n) is 13.6. The van der Waals surface area contributed by atoms with Crippen molar-refractivity contribution in [3.05, 3.63) is 36.3 Å². The van der Waals surface area contributed by atoms with Crippen molar-refractivity contribution in [2.24, 2.45) is 22.2 Å². The molecule has 0 amide bonds. The van der Waals surface area contributed by atoms with Gasteiger partial charge in [-0.15, -0.1) is 0 Å². The number of hydrogen-bond donors (Lipinski definition) is 3. The molecule has 2 saturated carbocycles. The number of Topliss-reactive ketones (excluding diaryl/α,β-unsaturated/α-hetero) is 1. The van der Waals surface area contributed by atoms with Crippen LogP contribution in [0.15, 0.2) is 35.2 Å². The molecule has 3 saturated heterocycles. The van der Waals surface area contributed by atoms with Crippen LogP contribution in [0.1, 0.15) is 53.2 Å². The monoisotopic (exact) mass is 590 g/mol. The molecule has 42 heavy (non-hydrogen) atoms. The fraction of sp³-hybridized carbons (Fsp3) is 0.655. The van der Waals surface area contributed by atoms with Crippen molar-refractivity contribution in [1.82, 2.24) is 0 Å². The number of furan rings is 1. The van der Waals surface area contributed by atoms with E-state index < -0.39 is 92.9 Å². The lowest BCUT2D eigenvalue weighted by atomic mass is 9.43. The summed E-state index contributed by atoms with van der Waals surface area (Å²) in [6.45, 7) is 8.29. The van der Waals surface area contributed by atoms with Crippen LogP contribution in [0.25, 0.3) is 0 Å². The summed E-state index contributed by atoms with van der Waals surface area (Å²) in [7, 11) is 1.13. The van der Waals surface area contributed by atoms with Crippen LogP contribution in [0, 0.1) is 22.2 Å². The predicted octanol–water partition coefficient (Wildman–Crippen LogP) is 0.497. The van der Waals surface area contributed by atoms with Crippen molar-refractivity contribution in [1.29, 1.82) is 0 Å². The highest BCUT2D eigenvalue weighted by Gasteiger charge is 3.01. The van der Waals surface area contributed by atoms with Crippen LogP contribution >= 0.6 is 0 Å². The average molecular weight is 591 g/mol. The van der Waals surface area contributed by atoms with Crippen LogP contribution in [-0.2, 0) is 42.9 Å². The Labute approximate surface area is 240 Å². The van der Waals surface area contributed by atoms with Gasteiger partial charge in [-0.3, -0.25) is 9.59 Å². The molecule has 5 aliphatic rings. The summed E-state index contributed by atoms with van der Waals surface area (Å²) >= 11 is 0. The Kier molecular flexibility index (Phi) is 5.58. The highest BCUT2D eigenvalue weighted by molar-refractivity contribution is 6.00. The lowest BCUT2D eigenvalue weighted by Crippen LogP contribution is -2.77. The molecule has 3 N–H and O–H groups in total. The van der Waals surface area contributed by atoms with Crippen LogP contribution in [-0.4, -0.2) is 87.0 Å². The van der Waals surface area contributed by atoms with Crippen molar-refractivity contribution in [2.75, 3.05) is 7.11 Å². The Bertz CT molecular complexity index is 1430. The number of methoxy groups -OCH3 is 1. The summed E-state index contributed by atoms with van der Waals surface area (Å²) in [5.41, 5.74) is -11.7. The summed E-state index contributed by atoms with van der Waals surface area (Å²) in [5.74, 6) is -7.59. The van der Waals surface area contributed by atoms with E-state index in [2.05, 4.69) is 0 Å². The molecular weight excluding hydrogens is 556 g/mol. The fourth-order valence-corrected chi connectivity index (χ4v) is 9.18. The third-order valence-corrected chi connectivity index (χ3v) is 10.9. The van der Waals surface area contributed by atoms with Gasteiger partial charge < -0.3 is 43.4 Å². The maximum Gasteiger partial charge on any atom is 0.339 e. The van der Waals surface area contributed by atoms with Gasteiger partial charge in [0.1, 0.15) is 29.5 Å². The molecule has 1 spiro atoms. The van der Waals surface area contributed by atoms with Gasteiger partial charge in [0, 0.05) is 29.9 Å². The summed E-state index contributed by atoms with van der Waals surface area (Å²) in [6, 6.07) is 1.53. The van der Waals surface area contributed by atoms with Crippen LogP contribution in [0.5, 0.6) is 0 Å². The van der Waals surface area contributed by atoms with Gasteiger partial charge in [-0.25, -0.2) is 9.59 Å². The summed E-state index contributed by atoms with van der Waals surface area (Å²) in [6.07, 6.45) is -0.996. The van der Waals surface area contributed by atoms with Crippen molar-refractivity contribution >= 4 is 23.7 Å². The van der Waals surface area contributed by atoms with Crippen molar-refractivity contribution in [3.8, 4) is 0 Å². The Morgan fingerprint density at radius 1 is 1.07 bits per heavy atom. The predicted molar refractivity (Wildman–Crippen MR) is 136 cm³/mol. The van der Waals surface area contributed by atoms with Crippen molar-refractivity contribution < 1.29 is 62.6 Å². The summed E-state index contributed by atoms with van der Waals surface area (Å²) in [4.78, 5) is 52.5. The second-order valence-electron chi connectivity index (χ2n) is 13.0. The molecule has 0 bridgehead atoms. The van der Waals surface area contributed by atoms with E-state index in [4.69, 9.17) is 28.1 Å². The maximum atomic E-state index is 14.1. The number of fused-ring (bicyclic) bond motifs is 3. The molecule has 11 unspecified atom stereocenters. The molecule has 0 aromatic carbocycles. The van der Waals surface area contributed by atoms with E-state index in [9.17, 15) is 34.5 Å². The van der Waals surface area contributed by atoms with Crippen molar-refractivity contribution in [3.63, 3.8) is 0 Å². The first-order valence-corrected chi connectivity index (χ1v) is 13.6. The molecule has 13 heteroatoms. The number of aliphatic hydroxyl groups excluding tert-OH is 1. The minimum Gasteiger partial charge on any atom is -0.472 e. The second-order valence-corrected chi connectivity index (χ2v) is 13.0. The van der Waals surface area contributed by atoms with Crippen LogP contribution in [0.2, 0.25) is 0 Å². The highest BCUT2D eigenvalue weighted by atomic mass is 16.7. The number of hydrogen-bond acceptors (Lipinski definition) is 13. The zero-order valence-electron chi connectivity index (χ0n) is 24.2. The summed E-state index contributed by atoms with van der Waals surface area (Å²) < 4.78 is 33.9. The lowest BCUT2D eigenvalue weighted by molar-refractivity contribution is -0.356. The second kappa shape index (κ2) is 8.08. The Morgan fingerprint density at radius 2 is 1.74 bits per heavy atom. The maximum absolute atomic E-state index is 14.1. The normalized spacial score (nSPS) is 49.9. The van der Waals surface area contributed by atoms with E-state index in [1.54, 1.807) is 6.92 Å². The number of aliphatic hydroxyl groups is 3. The standard InChI is InChI=1S/C29H34O13/c1-13(30)39-16-17-24(4,10-8-15(31)37-7)27(35)22(34)23(2,3)42-29(27,36)26(17,6)28-20(41-28)21(33)40-19(14-9-11-38-12-14)25(28,5)18(16)32/h8-12,16-20,32,35-36H,1-7H3. The number of ether oxygens (including phenoxy) is 5. The number of carbonyl (C=O) groups is 4. The Morgan fingerprint density at radius 3 is 2.31 bits per heavy atom. The molecule has 2 aliphatic carbocycles. The lowest BCUT2D eigenvalue weighted by Gasteiger charge is -2.63. The van der Waals surface area contributed by atoms with Crippen LogP contribution in [0.3, 0.4) is 0 Å². The van der Waals surface area contributed by atoms with Gasteiger partial charge >= 0.3 is 17.9 Å². The molecule has 1 aromatic heterocycles. The van der Waals surface area contributed by atoms with Gasteiger partial charge in [-0.1, -0.05) is 26.8 Å². The minimum absolute atomic E-state index is 0.346. The number of cyclic esters (lactones) is 1. The van der Waals surface area contributed by atoms with Gasteiger partial charge in [0.25, 0.3) is 0 Å². The van der Waals surface area contributed by atoms with Gasteiger partial charge in [0.15, 0.2) is 11.7 Å². The molecule has 1 aromatic rings. The molecule has 228 valence electrons. The molecule has 13 nitrogen and oxygen atoms in total. The Hall–Kier alpha value is -3.10. The smallest absolute Gasteiger partial charge is 0.339 e. The Balaban J connectivity index is 1.72. The van der Waals surface area contributed by atoms with E-state index in [1.807, 2.05) is 0 Å². The SMILES string of the molecule is COC(=O)C=CC1(C)C2C(OC(C)=O)C(O)C3(C)C(c4ccoc4)OC(=O)C4OC43C2(C)C2(O)OC(C)(C)C(=O)C12O. The first-order chi connectivity index (χ1) is 19.4. The summed E-state index contributed by atoms with van der Waals surface area (Å²) in [5, 5.41) is 37.7. The molecule has 0 radical (unpaired) electrons. The van der Waals surface area contributed by atoms with Gasteiger partial charge in [-0.05, 0) is 19.9 Å². The van der Waals surface area contributed by atoms with E-state index >= 15 is 0 Å². The molecule has 4 heterocycles. The van der Waals surface area contributed by atoms with Gasteiger partial charge in [-0.2, -0.15) is 0 Å². The molecule has 5 fully saturated rings. The zero-order chi connectivity index (χ0) is 31.1. The minimum atomic E-state index is -2.81.